The fourth-order valence-corrected chi connectivity index (χ4v) is 6.04. The SMILES string of the molecule is CCCCN(CCCC)C(=O)C1CCCN1S(=O)(=O)c1cccc2nsnc12. The summed E-state index contributed by atoms with van der Waals surface area (Å²) in [6.07, 6.45) is 5.12. The van der Waals surface area contributed by atoms with Crippen molar-refractivity contribution < 1.29 is 13.2 Å². The molecule has 0 bridgehead atoms. The Labute approximate surface area is 171 Å². The number of nitrogens with zero attached hydrogens (tertiary/aromatic N) is 4. The largest absolute Gasteiger partial charge is 0.341 e. The highest BCUT2D eigenvalue weighted by Gasteiger charge is 2.41. The Morgan fingerprint density at radius 3 is 2.61 bits per heavy atom. The van der Waals surface area contributed by atoms with Crippen LogP contribution in [0.4, 0.5) is 0 Å². The van der Waals surface area contributed by atoms with E-state index in [1.54, 1.807) is 18.2 Å². The second-order valence-electron chi connectivity index (χ2n) is 7.19. The van der Waals surface area contributed by atoms with Gasteiger partial charge in [0.15, 0.2) is 0 Å². The standard InChI is InChI=1S/C19H28N4O3S2/c1-3-5-12-22(13-6-4-2)19(24)16-10-8-14-23(16)28(25,26)17-11-7-9-15-18(17)21-27-20-15/h7,9,11,16H,3-6,8,10,12-14H2,1-2H3. The molecule has 0 radical (unpaired) electrons. The van der Waals surface area contributed by atoms with E-state index in [0.717, 1.165) is 37.4 Å². The minimum Gasteiger partial charge on any atom is -0.341 e. The van der Waals surface area contributed by atoms with E-state index in [0.29, 0.717) is 43.5 Å². The number of carbonyl (C=O) groups is 1. The fraction of sp³-hybridized carbons (Fsp3) is 0.632. The Morgan fingerprint density at radius 2 is 1.93 bits per heavy atom. The molecular formula is C19H28N4O3S2. The van der Waals surface area contributed by atoms with Gasteiger partial charge in [0.2, 0.25) is 15.9 Å². The molecule has 3 rings (SSSR count). The number of amides is 1. The molecule has 1 aliphatic heterocycles. The van der Waals surface area contributed by atoms with Gasteiger partial charge in [-0.15, -0.1) is 0 Å². The highest BCUT2D eigenvalue weighted by atomic mass is 32.2. The molecule has 2 heterocycles. The number of carbonyl (C=O) groups excluding carboxylic acids is 1. The quantitative estimate of drug-likeness (QED) is 0.617. The first-order chi connectivity index (χ1) is 13.5. The molecule has 0 saturated carbocycles. The van der Waals surface area contributed by atoms with Crippen molar-refractivity contribution in [2.75, 3.05) is 19.6 Å². The molecule has 1 aromatic heterocycles. The van der Waals surface area contributed by atoms with Crippen LogP contribution in [0.5, 0.6) is 0 Å². The first-order valence-corrected chi connectivity index (χ1v) is 12.2. The third-order valence-electron chi connectivity index (χ3n) is 5.20. The summed E-state index contributed by atoms with van der Waals surface area (Å²) in [5.74, 6) is -0.0634. The van der Waals surface area contributed by atoms with Gasteiger partial charge < -0.3 is 4.90 Å². The zero-order chi connectivity index (χ0) is 20.1. The predicted molar refractivity (Wildman–Crippen MR) is 111 cm³/mol. The van der Waals surface area contributed by atoms with Gasteiger partial charge in [0.05, 0.1) is 11.7 Å². The van der Waals surface area contributed by atoms with E-state index in [9.17, 15) is 13.2 Å². The molecule has 2 aromatic rings. The zero-order valence-corrected chi connectivity index (χ0v) is 18.1. The summed E-state index contributed by atoms with van der Waals surface area (Å²) in [5.41, 5.74) is 0.958. The topological polar surface area (TPSA) is 83.5 Å². The highest BCUT2D eigenvalue weighted by molar-refractivity contribution is 7.89. The molecule has 1 aliphatic rings. The van der Waals surface area contributed by atoms with Crippen LogP contribution < -0.4 is 0 Å². The maximum Gasteiger partial charge on any atom is 0.246 e. The van der Waals surface area contributed by atoms with Crippen molar-refractivity contribution in [3.05, 3.63) is 18.2 Å². The molecule has 9 heteroatoms. The van der Waals surface area contributed by atoms with Crippen LogP contribution in [-0.2, 0) is 14.8 Å². The molecule has 0 aliphatic carbocycles. The summed E-state index contributed by atoms with van der Waals surface area (Å²) in [6.45, 7) is 5.92. The Balaban J connectivity index is 1.88. The molecule has 28 heavy (non-hydrogen) atoms. The van der Waals surface area contributed by atoms with Gasteiger partial charge in [-0.1, -0.05) is 32.8 Å². The minimum atomic E-state index is -3.81. The number of hydrogen-bond donors (Lipinski definition) is 0. The number of fused-ring (bicyclic) bond motifs is 1. The van der Waals surface area contributed by atoms with Crippen molar-refractivity contribution in [3.63, 3.8) is 0 Å². The predicted octanol–water partition coefficient (Wildman–Crippen LogP) is 3.27. The van der Waals surface area contributed by atoms with Gasteiger partial charge in [-0.05, 0) is 37.8 Å². The lowest BCUT2D eigenvalue weighted by Gasteiger charge is -2.30. The normalized spacial score (nSPS) is 18.0. The van der Waals surface area contributed by atoms with Crippen molar-refractivity contribution in [3.8, 4) is 0 Å². The van der Waals surface area contributed by atoms with E-state index in [1.807, 2.05) is 4.90 Å². The van der Waals surface area contributed by atoms with Crippen LogP contribution in [0.3, 0.4) is 0 Å². The monoisotopic (exact) mass is 424 g/mol. The Hall–Kier alpha value is -1.58. The van der Waals surface area contributed by atoms with E-state index in [4.69, 9.17) is 0 Å². The molecule has 1 fully saturated rings. The van der Waals surface area contributed by atoms with Gasteiger partial charge in [-0.2, -0.15) is 13.1 Å². The van der Waals surface area contributed by atoms with Crippen LogP contribution >= 0.6 is 11.7 Å². The van der Waals surface area contributed by atoms with Crippen LogP contribution in [0.2, 0.25) is 0 Å². The van der Waals surface area contributed by atoms with Gasteiger partial charge >= 0.3 is 0 Å². The number of hydrogen-bond acceptors (Lipinski definition) is 6. The van der Waals surface area contributed by atoms with Crippen LogP contribution in [0.1, 0.15) is 52.4 Å². The molecule has 1 saturated heterocycles. The number of aromatic nitrogens is 2. The smallest absolute Gasteiger partial charge is 0.246 e. The third kappa shape index (κ3) is 4.21. The summed E-state index contributed by atoms with van der Waals surface area (Å²) in [4.78, 5) is 15.3. The van der Waals surface area contributed by atoms with Gasteiger partial charge in [0.25, 0.3) is 0 Å². The zero-order valence-electron chi connectivity index (χ0n) is 16.5. The van der Waals surface area contributed by atoms with Crippen LogP contribution in [-0.4, -0.2) is 58.0 Å². The van der Waals surface area contributed by atoms with Crippen molar-refractivity contribution in [1.29, 1.82) is 0 Å². The van der Waals surface area contributed by atoms with Gasteiger partial charge in [0.1, 0.15) is 22.0 Å². The van der Waals surface area contributed by atoms with Gasteiger partial charge in [-0.3, -0.25) is 4.79 Å². The molecule has 1 unspecified atom stereocenters. The lowest BCUT2D eigenvalue weighted by atomic mass is 10.1. The Morgan fingerprint density at radius 1 is 1.21 bits per heavy atom. The van der Waals surface area contributed by atoms with Gasteiger partial charge in [0, 0.05) is 19.6 Å². The van der Waals surface area contributed by atoms with E-state index in [-0.39, 0.29) is 10.8 Å². The van der Waals surface area contributed by atoms with Crippen LogP contribution in [0.25, 0.3) is 11.0 Å². The summed E-state index contributed by atoms with van der Waals surface area (Å²) < 4.78 is 36.5. The van der Waals surface area contributed by atoms with Crippen molar-refractivity contribution in [2.24, 2.45) is 0 Å². The minimum absolute atomic E-state index is 0.0634. The number of sulfonamides is 1. The Bertz CT molecular complexity index is 905. The second kappa shape index (κ2) is 9.28. The molecule has 1 atom stereocenters. The van der Waals surface area contributed by atoms with E-state index < -0.39 is 16.1 Å². The number of rotatable bonds is 9. The summed E-state index contributed by atoms with van der Waals surface area (Å²) in [5, 5.41) is 0. The molecule has 0 N–H and O–H groups in total. The molecular weight excluding hydrogens is 396 g/mol. The first kappa shape index (κ1) is 21.1. The van der Waals surface area contributed by atoms with E-state index in [2.05, 4.69) is 22.6 Å². The maximum absolute atomic E-state index is 13.4. The molecule has 154 valence electrons. The second-order valence-corrected chi connectivity index (χ2v) is 9.58. The van der Waals surface area contributed by atoms with Crippen molar-refractivity contribution >= 4 is 38.7 Å². The fourth-order valence-electron chi connectivity index (χ4n) is 3.63. The highest BCUT2D eigenvalue weighted by Crippen LogP contribution is 2.30. The number of unbranched alkanes of at least 4 members (excludes halogenated alkanes) is 2. The summed E-state index contributed by atoms with van der Waals surface area (Å²) in [7, 11) is -3.81. The average Bonchev–Trinajstić information content (AvgIpc) is 3.36. The maximum atomic E-state index is 13.4. The first-order valence-electron chi connectivity index (χ1n) is 10.0. The summed E-state index contributed by atoms with van der Waals surface area (Å²) in [6, 6.07) is 4.37. The molecule has 1 aromatic carbocycles. The lowest BCUT2D eigenvalue weighted by Crippen LogP contribution is -2.48. The van der Waals surface area contributed by atoms with Crippen LogP contribution in [0.15, 0.2) is 23.1 Å². The molecule has 0 spiro atoms. The molecule has 1 amide bonds. The summed E-state index contributed by atoms with van der Waals surface area (Å²) >= 11 is 0.998. The third-order valence-corrected chi connectivity index (χ3v) is 7.68. The van der Waals surface area contributed by atoms with E-state index >= 15 is 0 Å². The van der Waals surface area contributed by atoms with Gasteiger partial charge in [-0.25, -0.2) is 8.42 Å². The number of benzene rings is 1. The average molecular weight is 425 g/mol. The van der Waals surface area contributed by atoms with Crippen LogP contribution in [0, 0.1) is 0 Å². The van der Waals surface area contributed by atoms with E-state index in [1.165, 1.54) is 4.31 Å². The lowest BCUT2D eigenvalue weighted by molar-refractivity contribution is -0.134. The van der Waals surface area contributed by atoms with Crippen molar-refractivity contribution in [2.45, 2.75) is 63.3 Å². The molecule has 7 nitrogen and oxygen atoms in total. The van der Waals surface area contributed by atoms with Crippen molar-refractivity contribution in [1.82, 2.24) is 18.0 Å². The Kier molecular flexibility index (Phi) is 7.00.